The Bertz CT molecular complexity index is 783. The second-order valence-corrected chi connectivity index (χ2v) is 5.40. The van der Waals surface area contributed by atoms with Crippen molar-refractivity contribution < 1.29 is 9.26 Å². The fourth-order valence-electron chi connectivity index (χ4n) is 2.25. The molecule has 2 N–H and O–H groups in total. The van der Waals surface area contributed by atoms with E-state index in [2.05, 4.69) is 21.1 Å². The number of para-hydroxylation sites is 1. The van der Waals surface area contributed by atoms with Crippen molar-refractivity contribution in [3.05, 3.63) is 53.0 Å². The molecular weight excluding hydrogens is 332 g/mol. The standard InChI is InChI=1S/C16H13BrN2O2/c1-20-13-8-3-2-7-12(13)14-15(19-21-16(14)18)10-5-4-6-11(17)9-10/h2-9H,18H2,1H3. The smallest absolute Gasteiger partial charge is 0.230 e. The van der Waals surface area contributed by atoms with Crippen molar-refractivity contribution in [3.8, 4) is 28.1 Å². The number of rotatable bonds is 3. The van der Waals surface area contributed by atoms with Crippen molar-refractivity contribution in [1.82, 2.24) is 5.16 Å². The molecule has 0 saturated heterocycles. The minimum Gasteiger partial charge on any atom is -0.496 e. The molecule has 0 atom stereocenters. The Kier molecular flexibility index (Phi) is 3.66. The normalized spacial score (nSPS) is 10.6. The van der Waals surface area contributed by atoms with Gasteiger partial charge in [0.15, 0.2) is 0 Å². The van der Waals surface area contributed by atoms with Crippen LogP contribution in [-0.4, -0.2) is 12.3 Å². The summed E-state index contributed by atoms with van der Waals surface area (Å²) in [5.41, 5.74) is 9.19. The first-order valence-electron chi connectivity index (χ1n) is 6.35. The van der Waals surface area contributed by atoms with Crippen molar-refractivity contribution in [2.75, 3.05) is 12.8 Å². The molecule has 0 aliphatic rings. The number of nitrogen functional groups attached to an aromatic ring is 1. The van der Waals surface area contributed by atoms with Gasteiger partial charge in [-0.2, -0.15) is 0 Å². The monoisotopic (exact) mass is 344 g/mol. The van der Waals surface area contributed by atoms with Crippen LogP contribution in [0.3, 0.4) is 0 Å². The second-order valence-electron chi connectivity index (χ2n) is 4.48. The van der Waals surface area contributed by atoms with Gasteiger partial charge >= 0.3 is 0 Å². The van der Waals surface area contributed by atoms with Crippen LogP contribution in [0.15, 0.2) is 57.5 Å². The van der Waals surface area contributed by atoms with Gasteiger partial charge in [0.2, 0.25) is 5.88 Å². The summed E-state index contributed by atoms with van der Waals surface area (Å²) < 4.78 is 11.6. The van der Waals surface area contributed by atoms with Crippen LogP contribution >= 0.6 is 15.9 Å². The van der Waals surface area contributed by atoms with Crippen molar-refractivity contribution in [1.29, 1.82) is 0 Å². The Hall–Kier alpha value is -2.27. The van der Waals surface area contributed by atoms with Gasteiger partial charge in [-0.15, -0.1) is 0 Å². The minimum atomic E-state index is 0.273. The number of benzene rings is 2. The highest BCUT2D eigenvalue weighted by atomic mass is 79.9. The molecule has 3 rings (SSSR count). The van der Waals surface area contributed by atoms with Crippen molar-refractivity contribution >= 4 is 21.8 Å². The maximum absolute atomic E-state index is 5.98. The van der Waals surface area contributed by atoms with Gasteiger partial charge in [0.05, 0.1) is 12.7 Å². The lowest BCUT2D eigenvalue weighted by Crippen LogP contribution is -1.92. The third-order valence-corrected chi connectivity index (χ3v) is 3.69. The molecule has 1 heterocycles. The van der Waals surface area contributed by atoms with Gasteiger partial charge in [-0.25, -0.2) is 0 Å². The quantitative estimate of drug-likeness (QED) is 0.766. The van der Waals surface area contributed by atoms with E-state index in [9.17, 15) is 0 Å². The van der Waals surface area contributed by atoms with E-state index in [-0.39, 0.29) is 5.88 Å². The van der Waals surface area contributed by atoms with Gasteiger partial charge in [0.1, 0.15) is 11.4 Å². The molecule has 0 amide bonds. The van der Waals surface area contributed by atoms with Gasteiger partial charge in [0.25, 0.3) is 0 Å². The number of aromatic nitrogens is 1. The first kappa shape index (κ1) is 13.7. The van der Waals surface area contributed by atoms with Gasteiger partial charge in [-0.3, -0.25) is 0 Å². The summed E-state index contributed by atoms with van der Waals surface area (Å²) in [6.45, 7) is 0. The zero-order valence-electron chi connectivity index (χ0n) is 11.3. The third-order valence-electron chi connectivity index (χ3n) is 3.19. The number of hydrogen-bond donors (Lipinski definition) is 1. The second kappa shape index (κ2) is 5.61. The van der Waals surface area contributed by atoms with Crippen LogP contribution in [0.4, 0.5) is 5.88 Å². The average molecular weight is 345 g/mol. The van der Waals surface area contributed by atoms with E-state index < -0.39 is 0 Å². The molecule has 0 bridgehead atoms. The molecule has 21 heavy (non-hydrogen) atoms. The van der Waals surface area contributed by atoms with Crippen LogP contribution in [0, 0.1) is 0 Å². The summed E-state index contributed by atoms with van der Waals surface area (Å²) >= 11 is 3.46. The van der Waals surface area contributed by atoms with E-state index in [1.165, 1.54) is 0 Å². The molecule has 0 aliphatic heterocycles. The molecule has 0 spiro atoms. The highest BCUT2D eigenvalue weighted by Gasteiger charge is 2.20. The van der Waals surface area contributed by atoms with E-state index in [1.54, 1.807) is 7.11 Å². The predicted octanol–water partition coefficient (Wildman–Crippen LogP) is 4.36. The van der Waals surface area contributed by atoms with Gasteiger partial charge in [-0.05, 0) is 18.2 Å². The van der Waals surface area contributed by atoms with Crippen molar-refractivity contribution in [2.24, 2.45) is 0 Å². The minimum absolute atomic E-state index is 0.273. The Morgan fingerprint density at radius 1 is 1.14 bits per heavy atom. The maximum Gasteiger partial charge on any atom is 0.230 e. The van der Waals surface area contributed by atoms with Crippen LogP contribution in [0.2, 0.25) is 0 Å². The number of methoxy groups -OCH3 is 1. The first-order chi connectivity index (χ1) is 10.2. The molecule has 3 aromatic rings. The number of nitrogens with two attached hydrogens (primary N) is 1. The predicted molar refractivity (Wildman–Crippen MR) is 86.0 cm³/mol. The van der Waals surface area contributed by atoms with Crippen LogP contribution in [0.1, 0.15) is 0 Å². The Balaban J connectivity index is 2.22. The van der Waals surface area contributed by atoms with E-state index in [4.69, 9.17) is 15.0 Å². The number of ether oxygens (including phenoxy) is 1. The molecular formula is C16H13BrN2O2. The zero-order valence-corrected chi connectivity index (χ0v) is 12.9. The van der Waals surface area contributed by atoms with Crippen molar-refractivity contribution in [3.63, 3.8) is 0 Å². The van der Waals surface area contributed by atoms with E-state index in [0.717, 1.165) is 26.9 Å². The topological polar surface area (TPSA) is 61.3 Å². The average Bonchev–Trinajstić information content (AvgIpc) is 2.89. The van der Waals surface area contributed by atoms with Crippen molar-refractivity contribution in [2.45, 2.75) is 0 Å². The fraction of sp³-hybridized carbons (Fsp3) is 0.0625. The van der Waals surface area contributed by atoms with Gasteiger partial charge < -0.3 is 15.0 Å². The SMILES string of the molecule is COc1ccccc1-c1c(-c2cccc(Br)c2)noc1N. The molecule has 1 aromatic heterocycles. The molecule has 4 nitrogen and oxygen atoms in total. The molecule has 0 radical (unpaired) electrons. The van der Waals surface area contributed by atoms with E-state index >= 15 is 0 Å². The Labute approximate surface area is 130 Å². The van der Waals surface area contributed by atoms with Crippen LogP contribution in [0.5, 0.6) is 5.75 Å². The first-order valence-corrected chi connectivity index (χ1v) is 7.14. The van der Waals surface area contributed by atoms with E-state index in [0.29, 0.717) is 5.69 Å². The van der Waals surface area contributed by atoms with Gasteiger partial charge in [0, 0.05) is 15.6 Å². The number of halogens is 1. The highest BCUT2D eigenvalue weighted by molar-refractivity contribution is 9.10. The summed E-state index contributed by atoms with van der Waals surface area (Å²) in [5.74, 6) is 0.998. The lowest BCUT2D eigenvalue weighted by Gasteiger charge is -2.08. The summed E-state index contributed by atoms with van der Waals surface area (Å²) in [5, 5.41) is 4.10. The molecule has 0 fully saturated rings. The zero-order chi connectivity index (χ0) is 14.8. The molecule has 2 aromatic carbocycles. The summed E-state index contributed by atoms with van der Waals surface area (Å²) in [7, 11) is 1.63. The molecule has 5 heteroatoms. The number of hydrogen-bond acceptors (Lipinski definition) is 4. The Morgan fingerprint density at radius 2 is 1.95 bits per heavy atom. The molecule has 0 unspecified atom stereocenters. The number of nitrogens with zero attached hydrogens (tertiary/aromatic N) is 1. The summed E-state index contributed by atoms with van der Waals surface area (Å²) in [4.78, 5) is 0. The molecule has 0 saturated carbocycles. The van der Waals surface area contributed by atoms with Crippen LogP contribution in [-0.2, 0) is 0 Å². The van der Waals surface area contributed by atoms with E-state index in [1.807, 2.05) is 48.5 Å². The van der Waals surface area contributed by atoms with Gasteiger partial charge in [-0.1, -0.05) is 51.4 Å². The fourth-order valence-corrected chi connectivity index (χ4v) is 2.65. The molecule has 0 aliphatic carbocycles. The van der Waals surface area contributed by atoms with Crippen LogP contribution in [0.25, 0.3) is 22.4 Å². The maximum atomic E-state index is 5.98. The summed E-state index contributed by atoms with van der Waals surface area (Å²) in [6.07, 6.45) is 0. The summed E-state index contributed by atoms with van der Waals surface area (Å²) in [6, 6.07) is 15.5. The van der Waals surface area contributed by atoms with Crippen LogP contribution < -0.4 is 10.5 Å². The lowest BCUT2D eigenvalue weighted by molar-refractivity contribution is 0.416. The Morgan fingerprint density at radius 3 is 2.71 bits per heavy atom. The third kappa shape index (κ3) is 2.52. The lowest BCUT2D eigenvalue weighted by atomic mass is 10.0. The molecule has 106 valence electrons. The number of anilines is 1. The highest BCUT2D eigenvalue weighted by Crippen LogP contribution is 2.40. The largest absolute Gasteiger partial charge is 0.496 e.